The van der Waals surface area contributed by atoms with Crippen molar-refractivity contribution in [1.29, 1.82) is 0 Å². The van der Waals surface area contributed by atoms with Crippen LogP contribution in [-0.4, -0.2) is 21.3 Å². The Labute approximate surface area is 185 Å². The number of aryl methyl sites for hydroxylation is 1. The Morgan fingerprint density at radius 3 is 2.22 bits per heavy atom. The van der Waals surface area contributed by atoms with E-state index in [-0.39, 0.29) is 5.43 Å². The van der Waals surface area contributed by atoms with Crippen LogP contribution in [0.3, 0.4) is 0 Å². The van der Waals surface area contributed by atoms with Gasteiger partial charge in [0.1, 0.15) is 23.7 Å². The molecule has 164 valence electrons. The summed E-state index contributed by atoms with van der Waals surface area (Å²) < 4.78 is 28.1. The summed E-state index contributed by atoms with van der Waals surface area (Å²) in [7, 11) is 4.61. The van der Waals surface area contributed by atoms with Crippen molar-refractivity contribution in [3.63, 3.8) is 0 Å². The zero-order chi connectivity index (χ0) is 22.7. The second-order valence-corrected chi connectivity index (χ2v) is 7.26. The molecule has 0 saturated heterocycles. The molecule has 0 atom stereocenters. The monoisotopic (exact) mass is 432 g/mol. The second kappa shape index (κ2) is 9.06. The van der Waals surface area contributed by atoms with E-state index in [4.69, 9.17) is 23.4 Å². The molecule has 32 heavy (non-hydrogen) atoms. The van der Waals surface area contributed by atoms with Gasteiger partial charge >= 0.3 is 0 Å². The van der Waals surface area contributed by atoms with E-state index in [2.05, 4.69) is 0 Å². The van der Waals surface area contributed by atoms with Crippen LogP contribution in [0.2, 0.25) is 0 Å². The van der Waals surface area contributed by atoms with Gasteiger partial charge in [-0.05, 0) is 48.4 Å². The minimum Gasteiger partial charge on any atom is -0.493 e. The van der Waals surface area contributed by atoms with Gasteiger partial charge in [0.05, 0.1) is 26.7 Å². The lowest BCUT2D eigenvalue weighted by Crippen LogP contribution is -2.02. The molecule has 0 unspecified atom stereocenters. The molecule has 6 nitrogen and oxygen atoms in total. The average Bonchev–Trinajstić information content (AvgIpc) is 2.82. The summed E-state index contributed by atoms with van der Waals surface area (Å²) in [5.41, 5.74) is 3.18. The molecule has 1 aromatic heterocycles. The molecule has 0 radical (unpaired) electrons. The normalized spacial score (nSPS) is 10.8. The van der Waals surface area contributed by atoms with Crippen LogP contribution in [0.25, 0.3) is 22.3 Å². The van der Waals surface area contributed by atoms with Gasteiger partial charge in [-0.1, -0.05) is 24.3 Å². The molecular weight excluding hydrogens is 408 g/mol. The van der Waals surface area contributed by atoms with Crippen molar-refractivity contribution in [1.82, 2.24) is 0 Å². The Morgan fingerprint density at radius 1 is 0.844 bits per heavy atom. The number of fused-ring (bicyclic) bond motifs is 1. The second-order valence-electron chi connectivity index (χ2n) is 7.26. The fourth-order valence-electron chi connectivity index (χ4n) is 3.52. The van der Waals surface area contributed by atoms with Crippen LogP contribution in [0.15, 0.2) is 69.9 Å². The van der Waals surface area contributed by atoms with Crippen molar-refractivity contribution in [2.45, 2.75) is 13.5 Å². The number of methoxy groups -OCH3 is 3. The Bertz CT molecular complexity index is 1300. The largest absolute Gasteiger partial charge is 0.493 e. The summed E-state index contributed by atoms with van der Waals surface area (Å²) in [6.07, 6.45) is 0. The maximum atomic E-state index is 12.9. The van der Waals surface area contributed by atoms with E-state index < -0.39 is 0 Å². The number of benzene rings is 3. The Morgan fingerprint density at radius 2 is 1.56 bits per heavy atom. The first kappa shape index (κ1) is 21.3. The average molecular weight is 432 g/mol. The topological polar surface area (TPSA) is 67.1 Å². The summed E-state index contributed by atoms with van der Waals surface area (Å²) in [4.78, 5) is 12.9. The van der Waals surface area contributed by atoms with Gasteiger partial charge in [0.25, 0.3) is 0 Å². The quantitative estimate of drug-likeness (QED) is 0.391. The van der Waals surface area contributed by atoms with E-state index in [9.17, 15) is 4.79 Å². The minimum absolute atomic E-state index is 0.170. The molecule has 0 saturated carbocycles. The van der Waals surface area contributed by atoms with Gasteiger partial charge in [-0.25, -0.2) is 0 Å². The number of ether oxygens (including phenoxy) is 4. The van der Waals surface area contributed by atoms with E-state index in [0.717, 1.165) is 11.1 Å². The smallest absolute Gasteiger partial charge is 0.203 e. The van der Waals surface area contributed by atoms with Crippen LogP contribution in [-0.2, 0) is 6.61 Å². The van der Waals surface area contributed by atoms with Crippen LogP contribution >= 0.6 is 0 Å². The van der Waals surface area contributed by atoms with Crippen LogP contribution in [0.1, 0.15) is 11.1 Å². The molecule has 6 heteroatoms. The zero-order valence-electron chi connectivity index (χ0n) is 18.4. The summed E-state index contributed by atoms with van der Waals surface area (Å²) in [6, 6.07) is 18.2. The Balaban J connectivity index is 1.68. The van der Waals surface area contributed by atoms with Gasteiger partial charge in [0, 0.05) is 11.6 Å². The summed E-state index contributed by atoms with van der Waals surface area (Å²) >= 11 is 0. The lowest BCUT2D eigenvalue weighted by molar-refractivity contribution is 0.305. The van der Waals surface area contributed by atoms with E-state index >= 15 is 0 Å². The highest BCUT2D eigenvalue weighted by atomic mass is 16.5. The SMILES string of the molecule is COc1cc(-c2cc(=O)c3cc(OCc4ccccc4C)ccc3o2)cc(OC)c1OC. The number of hydrogen-bond acceptors (Lipinski definition) is 6. The number of rotatable bonds is 7. The van der Waals surface area contributed by atoms with Gasteiger partial charge in [0.15, 0.2) is 16.9 Å². The van der Waals surface area contributed by atoms with Crippen molar-refractivity contribution in [3.05, 3.63) is 82.0 Å². The lowest BCUT2D eigenvalue weighted by Gasteiger charge is -2.14. The van der Waals surface area contributed by atoms with E-state index in [1.54, 1.807) is 30.3 Å². The molecule has 0 amide bonds. The predicted octanol–water partition coefficient (Wildman–Crippen LogP) is 5.37. The molecule has 0 aliphatic heterocycles. The first-order valence-corrected chi connectivity index (χ1v) is 10.1. The highest BCUT2D eigenvalue weighted by Gasteiger charge is 2.16. The standard InChI is InChI=1S/C26H24O6/c1-16-7-5-6-8-17(16)15-31-19-9-10-22-20(13-19)21(27)14-23(32-22)18-11-24(28-2)26(30-4)25(12-18)29-3/h5-14H,15H2,1-4H3. The van der Waals surface area contributed by atoms with E-state index in [1.165, 1.54) is 27.4 Å². The van der Waals surface area contributed by atoms with Crippen molar-refractivity contribution in [2.75, 3.05) is 21.3 Å². The van der Waals surface area contributed by atoms with Crippen molar-refractivity contribution in [3.8, 4) is 34.3 Å². The Hall–Kier alpha value is -3.93. The third-order valence-electron chi connectivity index (χ3n) is 5.30. The molecule has 0 fully saturated rings. The van der Waals surface area contributed by atoms with Gasteiger partial charge in [-0.2, -0.15) is 0 Å². The van der Waals surface area contributed by atoms with Crippen molar-refractivity contribution >= 4 is 11.0 Å². The van der Waals surface area contributed by atoms with Crippen LogP contribution in [0.4, 0.5) is 0 Å². The molecule has 0 N–H and O–H groups in total. The van der Waals surface area contributed by atoms with Crippen molar-refractivity contribution in [2.24, 2.45) is 0 Å². The molecular formula is C26H24O6. The maximum Gasteiger partial charge on any atom is 0.203 e. The molecule has 4 aromatic rings. The third kappa shape index (κ3) is 4.12. The van der Waals surface area contributed by atoms with Gasteiger partial charge in [-0.15, -0.1) is 0 Å². The highest BCUT2D eigenvalue weighted by Crippen LogP contribution is 2.41. The van der Waals surface area contributed by atoms with E-state index in [1.807, 2.05) is 31.2 Å². The van der Waals surface area contributed by atoms with Gasteiger partial charge in [0.2, 0.25) is 5.75 Å². The highest BCUT2D eigenvalue weighted by molar-refractivity contribution is 5.80. The van der Waals surface area contributed by atoms with Crippen LogP contribution in [0.5, 0.6) is 23.0 Å². The fraction of sp³-hybridized carbons (Fsp3) is 0.192. The maximum absolute atomic E-state index is 12.9. The molecule has 0 bridgehead atoms. The molecule has 0 aliphatic rings. The molecule has 0 spiro atoms. The van der Waals surface area contributed by atoms with Crippen LogP contribution < -0.4 is 24.4 Å². The number of hydrogen-bond donors (Lipinski definition) is 0. The zero-order valence-corrected chi connectivity index (χ0v) is 18.4. The first-order chi connectivity index (χ1) is 15.5. The Kier molecular flexibility index (Phi) is 6.03. The summed E-state index contributed by atoms with van der Waals surface area (Å²) in [5.74, 6) is 2.43. The van der Waals surface area contributed by atoms with Crippen LogP contribution in [0, 0.1) is 6.92 Å². The first-order valence-electron chi connectivity index (χ1n) is 10.1. The molecule has 0 aliphatic carbocycles. The van der Waals surface area contributed by atoms with Gasteiger partial charge in [-0.3, -0.25) is 4.79 Å². The van der Waals surface area contributed by atoms with Crippen molar-refractivity contribution < 1.29 is 23.4 Å². The molecule has 4 rings (SSSR count). The molecule has 3 aromatic carbocycles. The molecule has 1 heterocycles. The predicted molar refractivity (Wildman–Crippen MR) is 123 cm³/mol. The summed E-state index contributed by atoms with van der Waals surface area (Å²) in [6.45, 7) is 2.46. The minimum atomic E-state index is -0.170. The fourth-order valence-corrected chi connectivity index (χ4v) is 3.52. The third-order valence-corrected chi connectivity index (χ3v) is 5.30. The summed E-state index contributed by atoms with van der Waals surface area (Å²) in [5, 5.41) is 0.448. The van der Waals surface area contributed by atoms with Gasteiger partial charge < -0.3 is 23.4 Å². The van der Waals surface area contributed by atoms with E-state index in [0.29, 0.717) is 51.9 Å². The lowest BCUT2D eigenvalue weighted by atomic mass is 10.1.